The maximum absolute atomic E-state index is 9.61. The minimum absolute atomic E-state index is 0.149. The van der Waals surface area contributed by atoms with Crippen molar-refractivity contribution < 1.29 is 10.2 Å². The Morgan fingerprint density at radius 3 is 2.61 bits per heavy atom. The Hall–Kier alpha value is -3.56. The van der Waals surface area contributed by atoms with Crippen LogP contribution < -0.4 is 10.6 Å². The molecule has 0 saturated heterocycles. The van der Waals surface area contributed by atoms with E-state index in [9.17, 15) is 5.11 Å². The predicted octanol–water partition coefficient (Wildman–Crippen LogP) is 2.13. The summed E-state index contributed by atoms with van der Waals surface area (Å²) in [6.45, 7) is 2.41. The third-order valence-electron chi connectivity index (χ3n) is 4.89. The van der Waals surface area contributed by atoms with Crippen LogP contribution in [0, 0.1) is 0 Å². The summed E-state index contributed by atoms with van der Waals surface area (Å²) in [7, 11) is 0. The summed E-state index contributed by atoms with van der Waals surface area (Å²) < 4.78 is 1.68. The Balaban J connectivity index is 1.53. The van der Waals surface area contributed by atoms with E-state index in [1.165, 1.54) is 0 Å². The molecule has 9 nitrogen and oxygen atoms in total. The maximum Gasteiger partial charge on any atom is 0.229 e. The standard InChI is InChI=1S/C22H25N7O2/c1-2-16-12-26-29-20(16)27-21(24-13-18(31)14-30)28-22(29)25-11-15-6-8-17(9-7-15)19-5-3-4-10-23-19/h3-10,12,18,30-31H,2,11,13-14H2,1H3,(H2,24,25,27,28)/t18-/m1/s1. The quantitative estimate of drug-likeness (QED) is 0.326. The lowest BCUT2D eigenvalue weighted by atomic mass is 10.1. The first-order valence-corrected chi connectivity index (χ1v) is 10.2. The van der Waals surface area contributed by atoms with Gasteiger partial charge in [-0.2, -0.15) is 19.6 Å². The van der Waals surface area contributed by atoms with Gasteiger partial charge in [-0.3, -0.25) is 4.98 Å². The van der Waals surface area contributed by atoms with Gasteiger partial charge in [-0.15, -0.1) is 0 Å². The first kappa shape index (κ1) is 20.7. The van der Waals surface area contributed by atoms with E-state index in [4.69, 9.17) is 5.11 Å². The van der Waals surface area contributed by atoms with Crippen LogP contribution in [0.15, 0.2) is 54.9 Å². The van der Waals surface area contributed by atoms with Gasteiger partial charge in [0.05, 0.1) is 24.6 Å². The van der Waals surface area contributed by atoms with Gasteiger partial charge < -0.3 is 20.8 Å². The number of pyridine rings is 1. The van der Waals surface area contributed by atoms with Gasteiger partial charge in [0.25, 0.3) is 0 Å². The molecule has 0 radical (unpaired) electrons. The van der Waals surface area contributed by atoms with E-state index in [1.807, 2.05) is 49.4 Å². The Labute approximate surface area is 179 Å². The molecule has 1 atom stereocenters. The van der Waals surface area contributed by atoms with Crippen molar-refractivity contribution in [2.75, 3.05) is 23.8 Å². The SMILES string of the molecule is CCc1cnn2c(NCc3ccc(-c4ccccn4)cc3)nc(NC[C@@H](O)CO)nc12. The van der Waals surface area contributed by atoms with Gasteiger partial charge in [-0.05, 0) is 24.1 Å². The average molecular weight is 419 g/mol. The van der Waals surface area contributed by atoms with Crippen LogP contribution in [0.2, 0.25) is 0 Å². The number of aliphatic hydroxyl groups excluding tert-OH is 2. The molecule has 0 aliphatic heterocycles. The van der Waals surface area contributed by atoms with Gasteiger partial charge in [0.15, 0.2) is 5.65 Å². The molecule has 0 unspecified atom stereocenters. The molecule has 0 aliphatic rings. The Morgan fingerprint density at radius 2 is 1.90 bits per heavy atom. The maximum atomic E-state index is 9.61. The predicted molar refractivity (Wildman–Crippen MR) is 119 cm³/mol. The summed E-state index contributed by atoms with van der Waals surface area (Å²) in [4.78, 5) is 13.4. The van der Waals surface area contributed by atoms with Gasteiger partial charge in [-0.25, -0.2) is 0 Å². The number of aromatic nitrogens is 5. The molecule has 0 saturated carbocycles. The molecule has 4 aromatic rings. The summed E-state index contributed by atoms with van der Waals surface area (Å²) in [5.41, 5.74) is 4.77. The number of benzene rings is 1. The van der Waals surface area contributed by atoms with Crippen LogP contribution in [0.1, 0.15) is 18.1 Å². The van der Waals surface area contributed by atoms with Crippen molar-refractivity contribution in [3.8, 4) is 11.3 Å². The number of aryl methyl sites for hydroxylation is 1. The number of hydrogen-bond acceptors (Lipinski definition) is 8. The van der Waals surface area contributed by atoms with E-state index in [0.717, 1.165) is 28.8 Å². The fourth-order valence-corrected chi connectivity index (χ4v) is 3.15. The second kappa shape index (κ2) is 9.50. The van der Waals surface area contributed by atoms with Gasteiger partial charge in [-0.1, -0.05) is 37.3 Å². The molecule has 0 spiro atoms. The molecule has 0 bridgehead atoms. The average Bonchev–Trinajstić information content (AvgIpc) is 3.25. The van der Waals surface area contributed by atoms with E-state index in [-0.39, 0.29) is 13.2 Å². The normalized spacial score (nSPS) is 12.1. The number of fused-ring (bicyclic) bond motifs is 1. The summed E-state index contributed by atoms with van der Waals surface area (Å²) in [6, 6.07) is 14.0. The lowest BCUT2D eigenvalue weighted by molar-refractivity contribution is 0.105. The van der Waals surface area contributed by atoms with Crippen LogP contribution in [-0.2, 0) is 13.0 Å². The van der Waals surface area contributed by atoms with Crippen LogP contribution in [0.5, 0.6) is 0 Å². The topological polar surface area (TPSA) is 120 Å². The largest absolute Gasteiger partial charge is 0.394 e. The fraction of sp³-hybridized carbons (Fsp3) is 0.273. The third-order valence-corrected chi connectivity index (χ3v) is 4.89. The summed E-state index contributed by atoms with van der Waals surface area (Å²) in [6.07, 6.45) is 3.46. The molecule has 4 N–H and O–H groups in total. The first-order valence-electron chi connectivity index (χ1n) is 10.2. The molecule has 4 rings (SSSR count). The highest BCUT2D eigenvalue weighted by molar-refractivity contribution is 5.59. The molecule has 0 fully saturated rings. The molecule has 0 amide bonds. The minimum Gasteiger partial charge on any atom is -0.394 e. The smallest absolute Gasteiger partial charge is 0.229 e. The van der Waals surface area contributed by atoms with Crippen LogP contribution in [0.3, 0.4) is 0 Å². The van der Waals surface area contributed by atoms with E-state index in [0.29, 0.717) is 24.1 Å². The second-order valence-corrected chi connectivity index (χ2v) is 7.11. The highest BCUT2D eigenvalue weighted by Gasteiger charge is 2.13. The van der Waals surface area contributed by atoms with Crippen molar-refractivity contribution in [1.29, 1.82) is 0 Å². The first-order chi connectivity index (χ1) is 15.2. The number of rotatable bonds is 9. The zero-order chi connectivity index (χ0) is 21.6. The molecular formula is C22H25N7O2. The van der Waals surface area contributed by atoms with Gasteiger partial charge in [0, 0.05) is 30.4 Å². The van der Waals surface area contributed by atoms with Crippen molar-refractivity contribution in [2.45, 2.75) is 26.0 Å². The molecular weight excluding hydrogens is 394 g/mol. The molecule has 9 heteroatoms. The van der Waals surface area contributed by atoms with Crippen LogP contribution in [0.4, 0.5) is 11.9 Å². The van der Waals surface area contributed by atoms with Crippen LogP contribution >= 0.6 is 0 Å². The molecule has 31 heavy (non-hydrogen) atoms. The van der Waals surface area contributed by atoms with E-state index < -0.39 is 6.10 Å². The number of nitrogens with zero attached hydrogens (tertiary/aromatic N) is 5. The number of nitrogens with one attached hydrogen (secondary N) is 2. The Bertz CT molecular complexity index is 1130. The molecule has 1 aromatic carbocycles. The van der Waals surface area contributed by atoms with Crippen molar-refractivity contribution in [3.05, 3.63) is 66.0 Å². The summed E-state index contributed by atoms with van der Waals surface area (Å²) >= 11 is 0. The van der Waals surface area contributed by atoms with E-state index in [1.54, 1.807) is 16.9 Å². The number of hydrogen-bond donors (Lipinski definition) is 4. The molecule has 160 valence electrons. The van der Waals surface area contributed by atoms with E-state index >= 15 is 0 Å². The number of aliphatic hydroxyl groups is 2. The molecule has 3 aromatic heterocycles. The highest BCUT2D eigenvalue weighted by atomic mass is 16.3. The zero-order valence-electron chi connectivity index (χ0n) is 17.2. The second-order valence-electron chi connectivity index (χ2n) is 7.11. The van der Waals surface area contributed by atoms with Crippen molar-refractivity contribution in [2.24, 2.45) is 0 Å². The Kier molecular flexibility index (Phi) is 6.34. The van der Waals surface area contributed by atoms with Crippen LogP contribution in [0.25, 0.3) is 16.9 Å². The summed E-state index contributed by atoms with van der Waals surface area (Å²) in [5.74, 6) is 0.905. The lowest BCUT2D eigenvalue weighted by Crippen LogP contribution is -2.24. The van der Waals surface area contributed by atoms with Gasteiger partial charge in [0.1, 0.15) is 0 Å². The van der Waals surface area contributed by atoms with Crippen molar-refractivity contribution >= 4 is 17.5 Å². The van der Waals surface area contributed by atoms with E-state index in [2.05, 4.69) is 30.7 Å². The van der Waals surface area contributed by atoms with Gasteiger partial charge >= 0.3 is 0 Å². The molecule has 3 heterocycles. The van der Waals surface area contributed by atoms with Crippen LogP contribution in [-0.4, -0.2) is 54.0 Å². The lowest BCUT2D eigenvalue weighted by Gasteiger charge is -2.12. The third kappa shape index (κ3) is 4.79. The summed E-state index contributed by atoms with van der Waals surface area (Å²) in [5, 5.41) is 29.4. The monoisotopic (exact) mass is 419 g/mol. The van der Waals surface area contributed by atoms with Crippen molar-refractivity contribution in [3.63, 3.8) is 0 Å². The van der Waals surface area contributed by atoms with Gasteiger partial charge in [0.2, 0.25) is 11.9 Å². The molecule has 0 aliphatic carbocycles. The Morgan fingerprint density at radius 1 is 1.06 bits per heavy atom. The number of anilines is 2. The minimum atomic E-state index is -0.885. The van der Waals surface area contributed by atoms with Crippen molar-refractivity contribution in [1.82, 2.24) is 24.6 Å². The fourth-order valence-electron chi connectivity index (χ4n) is 3.15. The highest BCUT2D eigenvalue weighted by Crippen LogP contribution is 2.19. The zero-order valence-corrected chi connectivity index (χ0v) is 17.2.